The van der Waals surface area contributed by atoms with E-state index in [9.17, 15) is 0 Å². The van der Waals surface area contributed by atoms with Crippen LogP contribution < -0.4 is 5.32 Å². The van der Waals surface area contributed by atoms with E-state index in [4.69, 9.17) is 0 Å². The quantitative estimate of drug-likeness (QED) is 0.799. The Morgan fingerprint density at radius 2 is 2.11 bits per heavy atom. The molecule has 1 aliphatic heterocycles. The van der Waals surface area contributed by atoms with Crippen LogP contribution in [0, 0.1) is 5.92 Å². The van der Waals surface area contributed by atoms with Gasteiger partial charge in [0.15, 0.2) is 0 Å². The van der Waals surface area contributed by atoms with Gasteiger partial charge in [0, 0.05) is 23.9 Å². The van der Waals surface area contributed by atoms with E-state index < -0.39 is 0 Å². The number of nitrogens with one attached hydrogen (secondary N) is 1. The van der Waals surface area contributed by atoms with E-state index >= 15 is 0 Å². The molecule has 0 bridgehead atoms. The summed E-state index contributed by atoms with van der Waals surface area (Å²) in [6, 6.07) is 1.52. The molecular weight excluding hydrogens is 240 g/mol. The number of rotatable bonds is 6. The summed E-state index contributed by atoms with van der Waals surface area (Å²) >= 11 is 2.20. The first-order valence-corrected chi connectivity index (χ1v) is 8.84. The molecular formula is C15H30N2S. The summed E-state index contributed by atoms with van der Waals surface area (Å²) in [7, 11) is 0. The fourth-order valence-electron chi connectivity index (χ4n) is 3.47. The van der Waals surface area contributed by atoms with E-state index in [0.29, 0.717) is 6.04 Å². The maximum absolute atomic E-state index is 3.60. The number of likely N-dealkylation sites (tertiary alicyclic amines) is 1. The highest BCUT2D eigenvalue weighted by atomic mass is 32.2. The van der Waals surface area contributed by atoms with Gasteiger partial charge in [0.2, 0.25) is 0 Å². The Hall–Kier alpha value is 0.270. The minimum atomic E-state index is 0.633. The van der Waals surface area contributed by atoms with Crippen LogP contribution in [0.25, 0.3) is 0 Å². The summed E-state index contributed by atoms with van der Waals surface area (Å²) in [6.07, 6.45) is 5.75. The Morgan fingerprint density at radius 3 is 2.83 bits per heavy atom. The Morgan fingerprint density at radius 1 is 1.28 bits per heavy atom. The van der Waals surface area contributed by atoms with E-state index in [0.717, 1.165) is 17.2 Å². The van der Waals surface area contributed by atoms with E-state index in [1.807, 2.05) is 0 Å². The summed E-state index contributed by atoms with van der Waals surface area (Å²) in [4.78, 5) is 2.80. The van der Waals surface area contributed by atoms with E-state index in [2.05, 4.69) is 42.7 Å². The molecule has 18 heavy (non-hydrogen) atoms. The Bertz CT molecular complexity index is 245. The van der Waals surface area contributed by atoms with Crippen molar-refractivity contribution >= 4 is 11.8 Å². The molecule has 1 aliphatic carbocycles. The molecule has 3 atom stereocenters. The van der Waals surface area contributed by atoms with E-state index in [1.54, 1.807) is 0 Å². The number of hydrogen-bond acceptors (Lipinski definition) is 3. The van der Waals surface area contributed by atoms with Gasteiger partial charge >= 0.3 is 0 Å². The maximum atomic E-state index is 3.60. The molecule has 2 aliphatic rings. The van der Waals surface area contributed by atoms with Gasteiger partial charge in [0.1, 0.15) is 0 Å². The van der Waals surface area contributed by atoms with Crippen molar-refractivity contribution in [2.24, 2.45) is 5.92 Å². The van der Waals surface area contributed by atoms with Gasteiger partial charge in [-0.1, -0.05) is 27.2 Å². The molecule has 1 saturated carbocycles. The standard InChI is InChI=1S/C15H30N2S/c1-4-18-15-7-5-6-14(15)17-9-8-13(11-17)10-16-12(2)3/h12-16H,4-11H2,1-3H3. The van der Waals surface area contributed by atoms with Crippen molar-refractivity contribution < 1.29 is 0 Å². The molecule has 1 N–H and O–H groups in total. The van der Waals surface area contributed by atoms with Gasteiger partial charge in [0.25, 0.3) is 0 Å². The lowest BCUT2D eigenvalue weighted by Crippen LogP contribution is -2.38. The van der Waals surface area contributed by atoms with Gasteiger partial charge in [-0.05, 0) is 44.0 Å². The van der Waals surface area contributed by atoms with Crippen LogP contribution >= 0.6 is 11.8 Å². The molecule has 2 nitrogen and oxygen atoms in total. The molecule has 106 valence electrons. The minimum absolute atomic E-state index is 0.633. The largest absolute Gasteiger partial charge is 0.314 e. The van der Waals surface area contributed by atoms with Crippen LogP contribution in [0.4, 0.5) is 0 Å². The van der Waals surface area contributed by atoms with Gasteiger partial charge in [-0.15, -0.1) is 0 Å². The second kappa shape index (κ2) is 7.16. The number of thioether (sulfide) groups is 1. The molecule has 0 aromatic carbocycles. The molecule has 0 amide bonds. The lowest BCUT2D eigenvalue weighted by molar-refractivity contribution is 0.240. The Labute approximate surface area is 117 Å². The lowest BCUT2D eigenvalue weighted by Gasteiger charge is -2.29. The monoisotopic (exact) mass is 270 g/mol. The van der Waals surface area contributed by atoms with Crippen molar-refractivity contribution in [3.8, 4) is 0 Å². The van der Waals surface area contributed by atoms with Gasteiger partial charge in [-0.25, -0.2) is 0 Å². The second-order valence-electron chi connectivity index (χ2n) is 6.20. The summed E-state index contributed by atoms with van der Waals surface area (Å²) in [6.45, 7) is 10.7. The highest BCUT2D eigenvalue weighted by Gasteiger charge is 2.35. The summed E-state index contributed by atoms with van der Waals surface area (Å²) in [5.41, 5.74) is 0. The molecule has 0 radical (unpaired) electrons. The molecule has 3 unspecified atom stereocenters. The Balaban J connectivity index is 1.77. The fraction of sp³-hybridized carbons (Fsp3) is 1.00. The van der Waals surface area contributed by atoms with Crippen LogP contribution in [0.1, 0.15) is 46.5 Å². The fourth-order valence-corrected chi connectivity index (χ4v) is 4.76. The highest BCUT2D eigenvalue weighted by Crippen LogP contribution is 2.35. The highest BCUT2D eigenvalue weighted by molar-refractivity contribution is 7.99. The molecule has 0 spiro atoms. The van der Waals surface area contributed by atoms with E-state index in [-0.39, 0.29) is 0 Å². The van der Waals surface area contributed by atoms with Crippen molar-refractivity contribution in [2.45, 2.75) is 63.8 Å². The minimum Gasteiger partial charge on any atom is -0.314 e. The molecule has 3 heteroatoms. The van der Waals surface area contributed by atoms with Gasteiger partial charge in [-0.3, -0.25) is 4.90 Å². The zero-order chi connectivity index (χ0) is 13.0. The van der Waals surface area contributed by atoms with Crippen molar-refractivity contribution in [1.29, 1.82) is 0 Å². The van der Waals surface area contributed by atoms with Crippen LogP contribution in [0.3, 0.4) is 0 Å². The van der Waals surface area contributed by atoms with Gasteiger partial charge in [-0.2, -0.15) is 11.8 Å². The SMILES string of the molecule is CCSC1CCCC1N1CCC(CNC(C)C)C1. The zero-order valence-corrected chi connectivity index (χ0v) is 13.1. The van der Waals surface area contributed by atoms with Crippen LogP contribution in [0.2, 0.25) is 0 Å². The van der Waals surface area contributed by atoms with Crippen LogP contribution in [-0.4, -0.2) is 47.6 Å². The van der Waals surface area contributed by atoms with Crippen LogP contribution in [0.15, 0.2) is 0 Å². The molecule has 0 aromatic rings. The van der Waals surface area contributed by atoms with Crippen molar-refractivity contribution in [3.05, 3.63) is 0 Å². The van der Waals surface area contributed by atoms with Crippen LogP contribution in [-0.2, 0) is 0 Å². The molecule has 1 heterocycles. The molecule has 0 aromatic heterocycles. The van der Waals surface area contributed by atoms with Crippen molar-refractivity contribution in [2.75, 3.05) is 25.4 Å². The number of hydrogen-bond donors (Lipinski definition) is 1. The summed E-state index contributed by atoms with van der Waals surface area (Å²) in [5, 5.41) is 4.53. The molecule has 1 saturated heterocycles. The average molecular weight is 270 g/mol. The average Bonchev–Trinajstić information content (AvgIpc) is 2.94. The van der Waals surface area contributed by atoms with E-state index in [1.165, 1.54) is 51.1 Å². The van der Waals surface area contributed by atoms with Crippen LogP contribution in [0.5, 0.6) is 0 Å². The molecule has 2 rings (SSSR count). The second-order valence-corrected chi connectivity index (χ2v) is 7.72. The first kappa shape index (κ1) is 14.7. The van der Waals surface area contributed by atoms with Gasteiger partial charge in [0.05, 0.1) is 0 Å². The maximum Gasteiger partial charge on any atom is 0.0214 e. The predicted molar refractivity (Wildman–Crippen MR) is 82.4 cm³/mol. The number of nitrogens with zero attached hydrogens (tertiary/aromatic N) is 1. The lowest BCUT2D eigenvalue weighted by atomic mass is 10.1. The zero-order valence-electron chi connectivity index (χ0n) is 12.3. The molecule has 2 fully saturated rings. The first-order chi connectivity index (χ1) is 8.70. The Kier molecular flexibility index (Phi) is 5.84. The normalized spacial score (nSPS) is 33.7. The smallest absolute Gasteiger partial charge is 0.0214 e. The van der Waals surface area contributed by atoms with Crippen molar-refractivity contribution in [1.82, 2.24) is 10.2 Å². The van der Waals surface area contributed by atoms with Crippen molar-refractivity contribution in [3.63, 3.8) is 0 Å². The third-order valence-corrected chi connectivity index (χ3v) is 5.71. The summed E-state index contributed by atoms with van der Waals surface area (Å²) in [5.74, 6) is 2.17. The predicted octanol–water partition coefficient (Wildman–Crippen LogP) is 2.98. The summed E-state index contributed by atoms with van der Waals surface area (Å²) < 4.78 is 0. The third kappa shape index (κ3) is 3.88. The van der Waals surface area contributed by atoms with Gasteiger partial charge < -0.3 is 5.32 Å². The topological polar surface area (TPSA) is 15.3 Å². The first-order valence-electron chi connectivity index (χ1n) is 7.79. The third-order valence-electron chi connectivity index (χ3n) is 4.40.